The predicted molar refractivity (Wildman–Crippen MR) is 111 cm³/mol. The number of pyridine rings is 2. The number of thiophene rings is 1. The second-order valence-electron chi connectivity index (χ2n) is 7.76. The molecule has 1 amide bonds. The van der Waals surface area contributed by atoms with Crippen LogP contribution in [0.1, 0.15) is 32.2 Å². The number of hydrogen-bond donors (Lipinski definition) is 0. The standard InChI is InChI=1S/C22H22N4OS/c1-16-6-7-19(28-16)21(27)25-11-8-22(14-25)15-26(13-17-4-2-9-23-12-17)18-5-3-10-24-20(18)22/h2-7,9-10,12H,8,11,13-15H2,1H3/t22-/m0/s1. The molecule has 0 bridgehead atoms. The summed E-state index contributed by atoms with van der Waals surface area (Å²) in [7, 11) is 0. The summed E-state index contributed by atoms with van der Waals surface area (Å²) in [6.07, 6.45) is 6.56. The summed E-state index contributed by atoms with van der Waals surface area (Å²) in [6, 6.07) is 12.2. The monoisotopic (exact) mass is 390 g/mol. The topological polar surface area (TPSA) is 49.3 Å². The third-order valence-corrected chi connectivity index (χ3v) is 6.80. The highest BCUT2D eigenvalue weighted by Gasteiger charge is 2.49. The maximum Gasteiger partial charge on any atom is 0.263 e. The van der Waals surface area contributed by atoms with Crippen molar-refractivity contribution in [3.63, 3.8) is 0 Å². The Balaban J connectivity index is 1.42. The van der Waals surface area contributed by atoms with E-state index in [-0.39, 0.29) is 11.3 Å². The van der Waals surface area contributed by atoms with Gasteiger partial charge in [-0.3, -0.25) is 14.8 Å². The van der Waals surface area contributed by atoms with E-state index in [0.717, 1.165) is 43.2 Å². The molecule has 28 heavy (non-hydrogen) atoms. The van der Waals surface area contributed by atoms with Gasteiger partial charge in [0.1, 0.15) is 0 Å². The summed E-state index contributed by atoms with van der Waals surface area (Å²) < 4.78 is 0. The minimum absolute atomic E-state index is 0.0826. The number of nitrogens with zero attached hydrogens (tertiary/aromatic N) is 4. The van der Waals surface area contributed by atoms with Crippen LogP contribution in [0.15, 0.2) is 55.0 Å². The minimum Gasteiger partial charge on any atom is -0.365 e. The highest BCUT2D eigenvalue weighted by atomic mass is 32.1. The van der Waals surface area contributed by atoms with E-state index < -0.39 is 0 Å². The van der Waals surface area contributed by atoms with E-state index in [2.05, 4.69) is 22.0 Å². The van der Waals surface area contributed by atoms with Crippen LogP contribution in [0.25, 0.3) is 0 Å². The number of aromatic nitrogens is 2. The first-order valence-corrected chi connectivity index (χ1v) is 10.4. The van der Waals surface area contributed by atoms with Crippen molar-refractivity contribution in [2.75, 3.05) is 24.5 Å². The lowest BCUT2D eigenvalue weighted by molar-refractivity contribution is 0.0789. The van der Waals surface area contributed by atoms with Gasteiger partial charge in [0.25, 0.3) is 5.91 Å². The van der Waals surface area contributed by atoms with Crippen LogP contribution >= 0.6 is 11.3 Å². The number of carbonyl (C=O) groups excluding carboxylic acids is 1. The molecule has 0 saturated carbocycles. The van der Waals surface area contributed by atoms with Gasteiger partial charge in [-0.15, -0.1) is 11.3 Å². The number of likely N-dealkylation sites (tertiary alicyclic amines) is 1. The molecule has 1 fully saturated rings. The molecule has 3 aromatic heterocycles. The van der Waals surface area contributed by atoms with Crippen LogP contribution in [-0.2, 0) is 12.0 Å². The van der Waals surface area contributed by atoms with Crippen LogP contribution in [-0.4, -0.2) is 40.4 Å². The minimum atomic E-state index is -0.0826. The van der Waals surface area contributed by atoms with E-state index >= 15 is 0 Å². The fourth-order valence-corrected chi connectivity index (χ4v) is 5.35. The van der Waals surface area contributed by atoms with E-state index in [4.69, 9.17) is 4.98 Å². The second kappa shape index (κ2) is 6.71. The fraction of sp³-hybridized carbons (Fsp3) is 0.318. The van der Waals surface area contributed by atoms with Crippen LogP contribution in [0.2, 0.25) is 0 Å². The molecule has 0 radical (unpaired) electrons. The van der Waals surface area contributed by atoms with E-state index in [0.29, 0.717) is 0 Å². The van der Waals surface area contributed by atoms with E-state index in [1.807, 2.05) is 48.5 Å². The largest absolute Gasteiger partial charge is 0.365 e. The Morgan fingerprint density at radius 3 is 2.86 bits per heavy atom. The number of rotatable bonds is 3. The first kappa shape index (κ1) is 17.4. The Hall–Kier alpha value is -2.73. The molecule has 2 aliphatic heterocycles. The average Bonchev–Trinajstić information content (AvgIpc) is 3.42. The van der Waals surface area contributed by atoms with Gasteiger partial charge < -0.3 is 9.80 Å². The van der Waals surface area contributed by atoms with Crippen molar-refractivity contribution in [2.45, 2.75) is 25.3 Å². The molecule has 1 saturated heterocycles. The first-order chi connectivity index (χ1) is 13.6. The lowest BCUT2D eigenvalue weighted by Gasteiger charge is -2.25. The predicted octanol–water partition coefficient (Wildman–Crippen LogP) is 3.65. The van der Waals surface area contributed by atoms with Gasteiger partial charge in [-0.05, 0) is 49.2 Å². The Morgan fingerprint density at radius 2 is 2.07 bits per heavy atom. The highest BCUT2D eigenvalue weighted by Crippen LogP contribution is 2.45. The molecule has 5 nitrogen and oxygen atoms in total. The molecular weight excluding hydrogens is 368 g/mol. The third kappa shape index (κ3) is 2.88. The fourth-order valence-electron chi connectivity index (χ4n) is 4.51. The van der Waals surface area contributed by atoms with Gasteiger partial charge in [-0.25, -0.2) is 0 Å². The van der Waals surface area contributed by atoms with E-state index in [1.165, 1.54) is 16.1 Å². The Morgan fingerprint density at radius 1 is 1.18 bits per heavy atom. The first-order valence-electron chi connectivity index (χ1n) is 9.60. The molecule has 142 valence electrons. The number of anilines is 1. The maximum absolute atomic E-state index is 13.0. The molecule has 5 rings (SSSR count). The molecule has 0 unspecified atom stereocenters. The molecule has 0 aliphatic carbocycles. The summed E-state index contributed by atoms with van der Waals surface area (Å²) in [5.41, 5.74) is 3.43. The lowest BCUT2D eigenvalue weighted by Crippen LogP contribution is -2.38. The van der Waals surface area contributed by atoms with Gasteiger partial charge in [0, 0.05) is 49.6 Å². The van der Waals surface area contributed by atoms with Gasteiger partial charge in [0.15, 0.2) is 0 Å². The zero-order valence-corrected chi connectivity index (χ0v) is 16.7. The van der Waals surface area contributed by atoms with Crippen LogP contribution in [0.5, 0.6) is 0 Å². The van der Waals surface area contributed by atoms with Gasteiger partial charge in [-0.1, -0.05) is 6.07 Å². The summed E-state index contributed by atoms with van der Waals surface area (Å²) in [5.74, 6) is 0.151. The molecule has 1 atom stereocenters. The van der Waals surface area contributed by atoms with E-state index in [1.54, 1.807) is 17.5 Å². The van der Waals surface area contributed by atoms with Crippen LogP contribution in [0.3, 0.4) is 0 Å². The normalized spacial score (nSPS) is 20.8. The van der Waals surface area contributed by atoms with Crippen LogP contribution in [0, 0.1) is 6.92 Å². The molecular formula is C22H22N4OS. The summed E-state index contributed by atoms with van der Waals surface area (Å²) in [4.78, 5) is 28.4. The average molecular weight is 391 g/mol. The zero-order valence-electron chi connectivity index (χ0n) is 15.8. The van der Waals surface area contributed by atoms with Crippen molar-refractivity contribution in [3.8, 4) is 0 Å². The summed E-state index contributed by atoms with van der Waals surface area (Å²) >= 11 is 1.58. The molecule has 3 aromatic rings. The number of aryl methyl sites for hydroxylation is 1. The summed E-state index contributed by atoms with van der Waals surface area (Å²) in [5, 5.41) is 0. The number of fused-ring (bicyclic) bond motifs is 2. The number of carbonyl (C=O) groups is 1. The van der Waals surface area contributed by atoms with Gasteiger partial charge >= 0.3 is 0 Å². The number of hydrogen-bond acceptors (Lipinski definition) is 5. The van der Waals surface area contributed by atoms with Gasteiger partial charge in [0.2, 0.25) is 0 Å². The second-order valence-corrected chi connectivity index (χ2v) is 9.04. The molecule has 6 heteroatoms. The van der Waals surface area contributed by atoms with E-state index in [9.17, 15) is 4.79 Å². The Bertz CT molecular complexity index is 1020. The van der Waals surface area contributed by atoms with Crippen molar-refractivity contribution in [3.05, 3.63) is 76.0 Å². The summed E-state index contributed by atoms with van der Waals surface area (Å²) in [6.45, 7) is 5.26. The third-order valence-electron chi connectivity index (χ3n) is 5.81. The smallest absolute Gasteiger partial charge is 0.263 e. The number of amides is 1. The van der Waals surface area contributed by atoms with Crippen molar-refractivity contribution in [1.29, 1.82) is 0 Å². The quantitative estimate of drug-likeness (QED) is 0.685. The SMILES string of the molecule is Cc1ccc(C(=O)N2CC[C@]3(C2)CN(Cc2cccnc2)c2cccnc23)s1. The maximum atomic E-state index is 13.0. The van der Waals surface area contributed by atoms with Gasteiger partial charge in [-0.2, -0.15) is 0 Å². The Kier molecular flexibility index (Phi) is 4.16. The zero-order chi connectivity index (χ0) is 19.1. The Labute approximate surface area is 168 Å². The lowest BCUT2D eigenvalue weighted by atomic mass is 9.85. The van der Waals surface area contributed by atoms with Crippen molar-refractivity contribution in [1.82, 2.24) is 14.9 Å². The molecule has 0 aromatic carbocycles. The highest BCUT2D eigenvalue weighted by molar-refractivity contribution is 7.13. The van der Waals surface area contributed by atoms with Crippen molar-refractivity contribution in [2.24, 2.45) is 0 Å². The molecule has 5 heterocycles. The van der Waals surface area contributed by atoms with Crippen LogP contribution in [0.4, 0.5) is 5.69 Å². The van der Waals surface area contributed by atoms with Crippen LogP contribution < -0.4 is 4.90 Å². The van der Waals surface area contributed by atoms with Crippen molar-refractivity contribution >= 4 is 22.9 Å². The molecule has 0 N–H and O–H groups in total. The van der Waals surface area contributed by atoms with Gasteiger partial charge in [0.05, 0.1) is 21.7 Å². The molecule has 1 spiro atoms. The molecule has 2 aliphatic rings. The van der Waals surface area contributed by atoms with Crippen molar-refractivity contribution < 1.29 is 4.79 Å².